The third-order valence-corrected chi connectivity index (χ3v) is 3.60. The molecule has 1 aliphatic heterocycles. The number of rotatable bonds is 5. The van der Waals surface area contributed by atoms with Crippen LogP contribution in [-0.4, -0.2) is 59.3 Å². The van der Waals surface area contributed by atoms with Crippen molar-refractivity contribution in [2.24, 2.45) is 0 Å². The number of hydrogen-bond acceptors (Lipinski definition) is 7. The van der Waals surface area contributed by atoms with Gasteiger partial charge in [0.2, 0.25) is 0 Å². The van der Waals surface area contributed by atoms with E-state index in [2.05, 4.69) is 30.7 Å². The van der Waals surface area contributed by atoms with Crippen molar-refractivity contribution >= 4 is 16.9 Å². The Kier molecular flexibility index (Phi) is 4.08. The molecular formula is C13H20N6O. The third kappa shape index (κ3) is 2.88. The quantitative estimate of drug-likeness (QED) is 0.775. The molecule has 2 aromatic rings. The molecule has 0 radical (unpaired) electrons. The molecule has 3 rings (SSSR count). The minimum Gasteiger partial charge on any atom is -0.369 e. The summed E-state index contributed by atoms with van der Waals surface area (Å²) >= 11 is 0. The molecule has 0 amide bonds. The Morgan fingerprint density at radius 2 is 2.20 bits per heavy atom. The SMILES string of the molecule is Cc1noc2ncnc(NCCCN3CCNCC3)c12. The van der Waals surface area contributed by atoms with Gasteiger partial charge >= 0.3 is 0 Å². The van der Waals surface area contributed by atoms with Gasteiger partial charge in [0.15, 0.2) is 0 Å². The van der Waals surface area contributed by atoms with Gasteiger partial charge in [0, 0.05) is 32.7 Å². The summed E-state index contributed by atoms with van der Waals surface area (Å²) in [7, 11) is 0. The lowest BCUT2D eigenvalue weighted by molar-refractivity contribution is 0.240. The Morgan fingerprint density at radius 1 is 1.35 bits per heavy atom. The van der Waals surface area contributed by atoms with Crippen LogP contribution in [0.1, 0.15) is 12.1 Å². The van der Waals surface area contributed by atoms with E-state index in [1.165, 1.54) is 6.33 Å². The van der Waals surface area contributed by atoms with Crippen LogP contribution >= 0.6 is 0 Å². The molecule has 108 valence electrons. The van der Waals surface area contributed by atoms with Crippen molar-refractivity contribution in [3.05, 3.63) is 12.0 Å². The number of aryl methyl sites for hydroxylation is 1. The molecule has 3 heterocycles. The molecule has 2 N–H and O–H groups in total. The van der Waals surface area contributed by atoms with Gasteiger partial charge in [0.05, 0.1) is 5.69 Å². The summed E-state index contributed by atoms with van der Waals surface area (Å²) in [5, 5.41) is 11.5. The van der Waals surface area contributed by atoms with Gasteiger partial charge in [-0.1, -0.05) is 5.16 Å². The fourth-order valence-electron chi connectivity index (χ4n) is 2.50. The van der Waals surface area contributed by atoms with Crippen molar-refractivity contribution in [1.82, 2.24) is 25.3 Å². The van der Waals surface area contributed by atoms with Crippen LogP contribution in [0, 0.1) is 6.92 Å². The van der Waals surface area contributed by atoms with Crippen molar-refractivity contribution in [1.29, 1.82) is 0 Å². The van der Waals surface area contributed by atoms with Crippen molar-refractivity contribution in [3.8, 4) is 0 Å². The van der Waals surface area contributed by atoms with Crippen LogP contribution < -0.4 is 10.6 Å². The number of fused-ring (bicyclic) bond motifs is 1. The van der Waals surface area contributed by atoms with Gasteiger partial charge in [-0.2, -0.15) is 4.98 Å². The topological polar surface area (TPSA) is 79.1 Å². The predicted octanol–water partition coefficient (Wildman–Crippen LogP) is 0.633. The van der Waals surface area contributed by atoms with Crippen LogP contribution in [-0.2, 0) is 0 Å². The molecule has 20 heavy (non-hydrogen) atoms. The highest BCUT2D eigenvalue weighted by Gasteiger charge is 2.12. The van der Waals surface area contributed by atoms with Crippen LogP contribution in [0.2, 0.25) is 0 Å². The second-order valence-electron chi connectivity index (χ2n) is 5.04. The predicted molar refractivity (Wildman–Crippen MR) is 76.8 cm³/mol. The largest absolute Gasteiger partial charge is 0.369 e. The van der Waals surface area contributed by atoms with Gasteiger partial charge in [-0.25, -0.2) is 4.98 Å². The first-order chi connectivity index (χ1) is 9.84. The lowest BCUT2D eigenvalue weighted by Gasteiger charge is -2.27. The van der Waals surface area contributed by atoms with Crippen molar-refractivity contribution in [3.63, 3.8) is 0 Å². The average Bonchev–Trinajstić information content (AvgIpc) is 2.87. The Bertz CT molecular complexity index is 563. The zero-order chi connectivity index (χ0) is 13.8. The zero-order valence-corrected chi connectivity index (χ0v) is 11.7. The number of anilines is 1. The highest BCUT2D eigenvalue weighted by molar-refractivity contribution is 5.87. The summed E-state index contributed by atoms with van der Waals surface area (Å²) in [6, 6.07) is 0. The molecule has 7 nitrogen and oxygen atoms in total. The monoisotopic (exact) mass is 276 g/mol. The Hall–Kier alpha value is -1.73. The first-order valence-corrected chi connectivity index (χ1v) is 7.08. The number of nitrogens with zero attached hydrogens (tertiary/aromatic N) is 4. The molecule has 1 aliphatic rings. The first kappa shape index (κ1) is 13.3. The highest BCUT2D eigenvalue weighted by Crippen LogP contribution is 2.22. The fourth-order valence-corrected chi connectivity index (χ4v) is 2.50. The summed E-state index contributed by atoms with van der Waals surface area (Å²) in [6.45, 7) is 8.39. The van der Waals surface area contributed by atoms with E-state index in [9.17, 15) is 0 Å². The zero-order valence-electron chi connectivity index (χ0n) is 11.7. The normalized spacial score (nSPS) is 16.6. The lowest BCUT2D eigenvalue weighted by Crippen LogP contribution is -2.44. The second kappa shape index (κ2) is 6.15. The first-order valence-electron chi connectivity index (χ1n) is 7.08. The molecule has 0 aliphatic carbocycles. The van der Waals surface area contributed by atoms with E-state index >= 15 is 0 Å². The maximum atomic E-state index is 5.13. The molecule has 1 saturated heterocycles. The standard InChI is InChI=1S/C13H20N6O/c1-10-11-12(16-9-17-13(11)20-18-10)15-3-2-6-19-7-4-14-5-8-19/h9,14H,2-8H2,1H3,(H,15,16,17). The Balaban J connectivity index is 1.53. The van der Waals surface area contributed by atoms with Gasteiger partial charge in [0.25, 0.3) is 5.71 Å². The molecule has 0 saturated carbocycles. The molecule has 0 unspecified atom stereocenters. The van der Waals surface area contributed by atoms with Gasteiger partial charge in [0.1, 0.15) is 17.5 Å². The van der Waals surface area contributed by atoms with Crippen molar-refractivity contribution in [2.75, 3.05) is 44.6 Å². The van der Waals surface area contributed by atoms with E-state index in [1.807, 2.05) is 6.92 Å². The van der Waals surface area contributed by atoms with Crippen LogP contribution in [0.25, 0.3) is 11.1 Å². The van der Waals surface area contributed by atoms with E-state index in [-0.39, 0.29) is 0 Å². The molecule has 7 heteroatoms. The van der Waals surface area contributed by atoms with Crippen molar-refractivity contribution < 1.29 is 4.52 Å². The maximum Gasteiger partial charge on any atom is 0.263 e. The molecule has 2 aromatic heterocycles. The summed E-state index contributed by atoms with van der Waals surface area (Å²) < 4.78 is 5.13. The summed E-state index contributed by atoms with van der Waals surface area (Å²) in [5.41, 5.74) is 1.37. The van der Waals surface area contributed by atoms with Crippen LogP contribution in [0.3, 0.4) is 0 Å². The number of piperazine rings is 1. The van der Waals surface area contributed by atoms with Gasteiger partial charge < -0.3 is 20.1 Å². The molecule has 0 aromatic carbocycles. The Labute approximate surface area is 117 Å². The maximum absolute atomic E-state index is 5.13. The molecule has 0 atom stereocenters. The minimum absolute atomic E-state index is 0.544. The van der Waals surface area contributed by atoms with Gasteiger partial charge in [-0.05, 0) is 19.9 Å². The summed E-state index contributed by atoms with van der Waals surface area (Å²) in [4.78, 5) is 10.8. The molecule has 0 bridgehead atoms. The van der Waals surface area contributed by atoms with E-state index in [4.69, 9.17) is 4.52 Å². The molecule has 1 fully saturated rings. The third-order valence-electron chi connectivity index (χ3n) is 3.60. The highest BCUT2D eigenvalue weighted by atomic mass is 16.5. The van der Waals surface area contributed by atoms with Gasteiger partial charge in [-0.15, -0.1) is 0 Å². The smallest absolute Gasteiger partial charge is 0.263 e. The summed E-state index contributed by atoms with van der Waals surface area (Å²) in [6.07, 6.45) is 2.60. The lowest BCUT2D eigenvalue weighted by atomic mass is 10.3. The Morgan fingerprint density at radius 3 is 3.05 bits per heavy atom. The summed E-state index contributed by atoms with van der Waals surface area (Å²) in [5.74, 6) is 0.814. The minimum atomic E-state index is 0.544. The number of nitrogens with one attached hydrogen (secondary N) is 2. The molecular weight excluding hydrogens is 256 g/mol. The van der Waals surface area contributed by atoms with Crippen LogP contribution in [0.5, 0.6) is 0 Å². The van der Waals surface area contributed by atoms with E-state index in [0.29, 0.717) is 5.71 Å². The second-order valence-corrected chi connectivity index (χ2v) is 5.04. The van der Waals surface area contributed by atoms with Gasteiger partial charge in [-0.3, -0.25) is 0 Å². The fraction of sp³-hybridized carbons (Fsp3) is 0.615. The van der Waals surface area contributed by atoms with E-state index < -0.39 is 0 Å². The molecule has 0 spiro atoms. The number of aromatic nitrogens is 3. The van der Waals surface area contributed by atoms with Crippen LogP contribution in [0.4, 0.5) is 5.82 Å². The average molecular weight is 276 g/mol. The van der Waals surface area contributed by atoms with Crippen LogP contribution in [0.15, 0.2) is 10.9 Å². The van der Waals surface area contributed by atoms with Crippen molar-refractivity contribution in [2.45, 2.75) is 13.3 Å². The van der Waals surface area contributed by atoms with E-state index in [1.54, 1.807) is 0 Å². The van der Waals surface area contributed by atoms with E-state index in [0.717, 1.165) is 62.6 Å². The number of hydrogen-bond donors (Lipinski definition) is 2.